The van der Waals surface area contributed by atoms with E-state index in [1.165, 1.54) is 11.1 Å². The van der Waals surface area contributed by atoms with Crippen molar-refractivity contribution in [2.45, 2.75) is 27.4 Å². The number of nitrogens with one attached hydrogen (secondary N) is 1. The molecule has 5 rings (SSSR count). The first-order chi connectivity index (χ1) is 15.6. The van der Waals surface area contributed by atoms with Crippen LogP contribution in [0, 0.1) is 20.8 Å². The number of rotatable bonds is 5. The van der Waals surface area contributed by atoms with Gasteiger partial charge in [-0.15, -0.1) is 0 Å². The molecule has 4 heteroatoms. The molecule has 0 aliphatic carbocycles. The highest BCUT2D eigenvalue weighted by molar-refractivity contribution is 6.05. The van der Waals surface area contributed by atoms with Crippen LogP contribution < -0.4 is 4.74 Å². The Kier molecular flexibility index (Phi) is 5.20. The van der Waals surface area contributed by atoms with Crippen molar-refractivity contribution in [2.24, 2.45) is 0 Å². The van der Waals surface area contributed by atoms with Crippen molar-refractivity contribution in [3.8, 4) is 28.1 Å². The van der Waals surface area contributed by atoms with E-state index < -0.39 is 0 Å². The van der Waals surface area contributed by atoms with Gasteiger partial charge < -0.3 is 9.72 Å². The molecule has 3 aromatic heterocycles. The predicted molar refractivity (Wildman–Crippen MR) is 130 cm³/mol. The number of ether oxygens (including phenoxy) is 1. The molecular weight excluding hydrogens is 394 g/mol. The summed E-state index contributed by atoms with van der Waals surface area (Å²) in [4.78, 5) is 12.6. The molecule has 32 heavy (non-hydrogen) atoms. The molecule has 0 aliphatic heterocycles. The van der Waals surface area contributed by atoms with Crippen molar-refractivity contribution in [3.63, 3.8) is 0 Å². The van der Waals surface area contributed by atoms with Gasteiger partial charge in [0.1, 0.15) is 18.0 Å². The van der Waals surface area contributed by atoms with E-state index in [9.17, 15) is 0 Å². The molecule has 0 amide bonds. The molecule has 0 atom stereocenters. The Labute approximate surface area is 188 Å². The van der Waals surface area contributed by atoms with Gasteiger partial charge in [-0.05, 0) is 66.8 Å². The standard InChI is InChI=1S/C28H25N3O/c1-18-9-10-23(15-19(18)2)27-25(22-11-13-29-14-12-22)26-24(16-20(3)30-28(26)31-27)32-17-21-7-5-4-6-8-21/h4-16H,17H2,1-3H3,(H,30,31). The van der Waals surface area contributed by atoms with E-state index in [0.29, 0.717) is 6.61 Å². The number of aryl methyl sites for hydroxylation is 3. The van der Waals surface area contributed by atoms with E-state index in [2.05, 4.69) is 54.1 Å². The van der Waals surface area contributed by atoms with Crippen LogP contribution >= 0.6 is 0 Å². The number of aromatic nitrogens is 3. The summed E-state index contributed by atoms with van der Waals surface area (Å²) in [5.41, 5.74) is 9.73. The summed E-state index contributed by atoms with van der Waals surface area (Å²) >= 11 is 0. The summed E-state index contributed by atoms with van der Waals surface area (Å²) in [6.07, 6.45) is 3.65. The minimum Gasteiger partial charge on any atom is -0.488 e. The Morgan fingerprint density at radius 1 is 0.812 bits per heavy atom. The first-order valence-electron chi connectivity index (χ1n) is 10.8. The van der Waals surface area contributed by atoms with Gasteiger partial charge >= 0.3 is 0 Å². The van der Waals surface area contributed by atoms with E-state index in [0.717, 1.165) is 50.4 Å². The monoisotopic (exact) mass is 419 g/mol. The highest BCUT2D eigenvalue weighted by Gasteiger charge is 2.20. The SMILES string of the molecule is Cc1cc(OCc2ccccc2)c2c(-c3ccncc3)c(-c3ccc(C)c(C)c3)[nH]c2n1. The first-order valence-corrected chi connectivity index (χ1v) is 10.8. The Hall–Kier alpha value is -3.92. The van der Waals surface area contributed by atoms with Crippen LogP contribution in [0.4, 0.5) is 0 Å². The maximum atomic E-state index is 6.36. The fourth-order valence-electron chi connectivity index (χ4n) is 4.05. The summed E-state index contributed by atoms with van der Waals surface area (Å²) in [7, 11) is 0. The average molecular weight is 420 g/mol. The molecule has 2 aromatic carbocycles. The fraction of sp³-hybridized carbons (Fsp3) is 0.143. The van der Waals surface area contributed by atoms with E-state index in [1.54, 1.807) is 0 Å². The number of H-pyrrole nitrogens is 1. The van der Waals surface area contributed by atoms with Crippen LogP contribution in [0.5, 0.6) is 5.75 Å². The van der Waals surface area contributed by atoms with Crippen molar-refractivity contribution in [2.75, 3.05) is 0 Å². The van der Waals surface area contributed by atoms with Gasteiger partial charge in [-0.2, -0.15) is 0 Å². The Balaban J connectivity index is 1.73. The number of aromatic amines is 1. The summed E-state index contributed by atoms with van der Waals surface area (Å²) in [6.45, 7) is 6.77. The van der Waals surface area contributed by atoms with Gasteiger partial charge in [-0.1, -0.05) is 42.5 Å². The van der Waals surface area contributed by atoms with E-state index >= 15 is 0 Å². The summed E-state index contributed by atoms with van der Waals surface area (Å²) in [5.74, 6) is 0.828. The maximum absolute atomic E-state index is 6.36. The van der Waals surface area contributed by atoms with Gasteiger partial charge in [-0.25, -0.2) is 4.98 Å². The number of hydrogen-bond acceptors (Lipinski definition) is 3. The Morgan fingerprint density at radius 2 is 1.59 bits per heavy atom. The highest BCUT2D eigenvalue weighted by atomic mass is 16.5. The molecule has 0 saturated carbocycles. The third-order valence-corrected chi connectivity index (χ3v) is 5.86. The molecular formula is C28H25N3O. The molecule has 0 bridgehead atoms. The lowest BCUT2D eigenvalue weighted by atomic mass is 9.97. The van der Waals surface area contributed by atoms with Gasteiger partial charge in [0.2, 0.25) is 0 Å². The molecule has 3 heterocycles. The normalized spacial score (nSPS) is 11.1. The van der Waals surface area contributed by atoms with Crippen molar-refractivity contribution in [1.29, 1.82) is 0 Å². The van der Waals surface area contributed by atoms with Gasteiger partial charge in [0.15, 0.2) is 0 Å². The smallest absolute Gasteiger partial charge is 0.142 e. The average Bonchev–Trinajstić information content (AvgIpc) is 3.20. The van der Waals surface area contributed by atoms with Gasteiger partial charge in [0.05, 0.1) is 11.1 Å². The van der Waals surface area contributed by atoms with Crippen LogP contribution in [0.3, 0.4) is 0 Å². The highest BCUT2D eigenvalue weighted by Crippen LogP contribution is 2.42. The maximum Gasteiger partial charge on any atom is 0.142 e. The summed E-state index contributed by atoms with van der Waals surface area (Å²) in [5, 5.41) is 0.992. The lowest BCUT2D eigenvalue weighted by Crippen LogP contribution is -1.97. The second-order valence-corrected chi connectivity index (χ2v) is 8.17. The summed E-state index contributed by atoms with van der Waals surface area (Å²) < 4.78 is 6.36. The number of pyridine rings is 2. The topological polar surface area (TPSA) is 50.8 Å². The number of nitrogens with zero attached hydrogens (tertiary/aromatic N) is 2. The van der Waals surface area contributed by atoms with Crippen LogP contribution in [-0.2, 0) is 6.61 Å². The number of fused-ring (bicyclic) bond motifs is 1. The molecule has 0 fully saturated rings. The van der Waals surface area contributed by atoms with Crippen LogP contribution in [0.2, 0.25) is 0 Å². The van der Waals surface area contributed by atoms with E-state index in [4.69, 9.17) is 9.72 Å². The largest absolute Gasteiger partial charge is 0.488 e. The zero-order valence-corrected chi connectivity index (χ0v) is 18.5. The molecule has 0 radical (unpaired) electrons. The molecule has 0 aliphatic rings. The molecule has 0 spiro atoms. The second-order valence-electron chi connectivity index (χ2n) is 8.17. The van der Waals surface area contributed by atoms with E-state index in [-0.39, 0.29) is 0 Å². The fourth-order valence-corrected chi connectivity index (χ4v) is 4.05. The molecule has 1 N–H and O–H groups in total. The minimum atomic E-state index is 0.499. The molecule has 0 unspecified atom stereocenters. The number of hydrogen-bond donors (Lipinski definition) is 1. The summed E-state index contributed by atoms with van der Waals surface area (Å²) in [6, 6.07) is 22.9. The number of benzene rings is 2. The predicted octanol–water partition coefficient (Wildman–Crippen LogP) is 6.80. The molecule has 158 valence electrons. The second kappa shape index (κ2) is 8.31. The van der Waals surface area contributed by atoms with Crippen molar-refractivity contribution in [3.05, 3.63) is 102 Å². The van der Waals surface area contributed by atoms with Gasteiger partial charge in [0.25, 0.3) is 0 Å². The quantitative estimate of drug-likeness (QED) is 0.341. The zero-order valence-electron chi connectivity index (χ0n) is 18.5. The Morgan fingerprint density at radius 3 is 2.34 bits per heavy atom. The molecule has 0 saturated heterocycles. The van der Waals surface area contributed by atoms with Gasteiger partial charge in [-0.3, -0.25) is 4.98 Å². The van der Waals surface area contributed by atoms with Crippen molar-refractivity contribution in [1.82, 2.24) is 15.0 Å². The lowest BCUT2D eigenvalue weighted by molar-refractivity contribution is 0.309. The van der Waals surface area contributed by atoms with Crippen LogP contribution in [0.25, 0.3) is 33.4 Å². The minimum absolute atomic E-state index is 0.499. The molecule has 5 aromatic rings. The van der Waals surface area contributed by atoms with Crippen LogP contribution in [0.1, 0.15) is 22.4 Å². The third kappa shape index (κ3) is 3.76. The van der Waals surface area contributed by atoms with Crippen LogP contribution in [-0.4, -0.2) is 15.0 Å². The van der Waals surface area contributed by atoms with Crippen molar-refractivity contribution >= 4 is 11.0 Å². The van der Waals surface area contributed by atoms with Gasteiger partial charge in [0, 0.05) is 29.7 Å². The Bertz CT molecular complexity index is 1390. The zero-order chi connectivity index (χ0) is 22.1. The first kappa shape index (κ1) is 20.0. The molecule has 4 nitrogen and oxygen atoms in total. The third-order valence-electron chi connectivity index (χ3n) is 5.86. The van der Waals surface area contributed by atoms with Crippen LogP contribution in [0.15, 0.2) is 79.1 Å². The van der Waals surface area contributed by atoms with Crippen molar-refractivity contribution < 1.29 is 4.74 Å². The van der Waals surface area contributed by atoms with E-state index in [1.807, 2.05) is 55.7 Å². The lowest BCUT2D eigenvalue weighted by Gasteiger charge is -2.11.